The third kappa shape index (κ3) is 8.09. The molecule has 0 aromatic heterocycles. The molecule has 0 aliphatic rings. The van der Waals surface area contributed by atoms with E-state index in [4.69, 9.17) is 0 Å². The average Bonchev–Trinajstić information content (AvgIpc) is 2.82. The van der Waals surface area contributed by atoms with Crippen molar-refractivity contribution in [3.05, 3.63) is 59.7 Å². The fraction of sp³-hybridized carbons (Fsp3) is 0.533. The molecule has 182 valence electrons. The Balaban J connectivity index is 2.74. The van der Waals surface area contributed by atoms with Crippen molar-refractivity contribution in [3.63, 3.8) is 0 Å². The Morgan fingerprint density at radius 1 is 0.697 bits per heavy atom. The molecule has 0 saturated carbocycles. The monoisotopic (exact) mass is 556 g/mol. The molecule has 0 saturated heterocycles. The van der Waals surface area contributed by atoms with Crippen molar-refractivity contribution in [1.29, 1.82) is 0 Å². The fourth-order valence-corrected chi connectivity index (χ4v) is 21.7. The van der Waals surface area contributed by atoms with Crippen molar-refractivity contribution in [2.75, 3.05) is 38.0 Å². The number of rotatable bonds is 14. The van der Waals surface area contributed by atoms with Crippen molar-refractivity contribution in [2.24, 2.45) is 0 Å². The molecule has 2 nitrogen and oxygen atoms in total. The Bertz CT molecular complexity index is 847. The first-order valence-electron chi connectivity index (χ1n) is 13.1. The normalized spacial score (nSPS) is 12.2. The Morgan fingerprint density at radius 3 is 1.67 bits per heavy atom. The zero-order chi connectivity index (χ0) is 24.3. The van der Waals surface area contributed by atoms with E-state index in [-0.39, 0.29) is 0 Å². The SMILES string of the molecule is CCC[CH2][Sn]([CH2]CCC)([CH2]CCC)/[C](=C/c1cccc(N(C)C)c1)c1cccc(N(C)C)c1. The molecule has 0 heterocycles. The van der Waals surface area contributed by atoms with Crippen molar-refractivity contribution < 1.29 is 0 Å². The van der Waals surface area contributed by atoms with Crippen LogP contribution in [0.5, 0.6) is 0 Å². The van der Waals surface area contributed by atoms with Crippen molar-refractivity contribution in [1.82, 2.24) is 0 Å². The maximum atomic E-state index is 2.61. The average molecular weight is 555 g/mol. The number of hydrogen-bond acceptors (Lipinski definition) is 2. The van der Waals surface area contributed by atoms with Crippen LogP contribution in [0.1, 0.15) is 70.4 Å². The molecule has 0 fully saturated rings. The van der Waals surface area contributed by atoms with Gasteiger partial charge < -0.3 is 0 Å². The van der Waals surface area contributed by atoms with E-state index in [9.17, 15) is 0 Å². The minimum absolute atomic E-state index is 1.28. The molecule has 0 amide bonds. The van der Waals surface area contributed by atoms with Crippen LogP contribution in [0.3, 0.4) is 0 Å². The summed E-state index contributed by atoms with van der Waals surface area (Å²) in [5.41, 5.74) is 5.43. The molecule has 2 aromatic carbocycles. The molecule has 33 heavy (non-hydrogen) atoms. The predicted molar refractivity (Wildman–Crippen MR) is 154 cm³/mol. The summed E-state index contributed by atoms with van der Waals surface area (Å²) >= 11 is -2.66. The van der Waals surface area contributed by atoms with Crippen LogP contribution >= 0.6 is 0 Å². The summed E-state index contributed by atoms with van der Waals surface area (Å²) in [7, 11) is 8.59. The van der Waals surface area contributed by atoms with Gasteiger partial charge in [0.05, 0.1) is 0 Å². The van der Waals surface area contributed by atoms with Gasteiger partial charge in [-0.05, 0) is 0 Å². The second-order valence-electron chi connectivity index (χ2n) is 10.1. The van der Waals surface area contributed by atoms with Crippen LogP contribution < -0.4 is 9.80 Å². The van der Waals surface area contributed by atoms with Gasteiger partial charge in [0.25, 0.3) is 0 Å². The molecule has 0 N–H and O–H groups in total. The molecular formula is C30H48N2Sn. The zero-order valence-corrected chi connectivity index (χ0v) is 25.3. The van der Waals surface area contributed by atoms with Gasteiger partial charge in [0, 0.05) is 0 Å². The minimum atomic E-state index is -2.66. The van der Waals surface area contributed by atoms with Gasteiger partial charge in [-0.15, -0.1) is 0 Å². The van der Waals surface area contributed by atoms with Crippen LogP contribution in [0, 0.1) is 0 Å². The van der Waals surface area contributed by atoms with Crippen LogP contribution in [-0.4, -0.2) is 46.6 Å². The summed E-state index contributed by atoms with van der Waals surface area (Å²) in [5, 5.41) is 0. The summed E-state index contributed by atoms with van der Waals surface area (Å²) in [5.74, 6) is 0. The van der Waals surface area contributed by atoms with E-state index in [1.807, 2.05) is 0 Å². The Kier molecular flexibility index (Phi) is 11.9. The third-order valence-electron chi connectivity index (χ3n) is 6.97. The fourth-order valence-electron chi connectivity index (χ4n) is 4.88. The van der Waals surface area contributed by atoms with Gasteiger partial charge in [0.15, 0.2) is 0 Å². The standard InChI is InChI=1S/C18H21N2.3C4H9.Sn/c1-19(2)17-9-5-7-15(13-17)11-12-16-8-6-10-18(14-16)20(3)4;3*1-3-4-2;/h5-11,13-14H,1-4H3;3*1,3-4H2,2H3;. The molecule has 2 aromatic rings. The van der Waals surface area contributed by atoms with Gasteiger partial charge >= 0.3 is 210 Å². The third-order valence-corrected chi connectivity index (χ3v) is 22.7. The van der Waals surface area contributed by atoms with E-state index >= 15 is 0 Å². The van der Waals surface area contributed by atoms with Gasteiger partial charge in [-0.3, -0.25) is 0 Å². The van der Waals surface area contributed by atoms with E-state index in [0.717, 1.165) is 0 Å². The Labute approximate surface area is 209 Å². The molecule has 0 aliphatic heterocycles. The first kappa shape index (κ1) is 27.8. The van der Waals surface area contributed by atoms with Crippen LogP contribution in [0.4, 0.5) is 11.4 Å². The van der Waals surface area contributed by atoms with E-state index in [0.29, 0.717) is 0 Å². The topological polar surface area (TPSA) is 6.48 Å². The van der Waals surface area contributed by atoms with Gasteiger partial charge in [-0.25, -0.2) is 0 Å². The van der Waals surface area contributed by atoms with E-state index < -0.39 is 18.4 Å². The van der Waals surface area contributed by atoms with Crippen LogP contribution in [-0.2, 0) is 0 Å². The zero-order valence-electron chi connectivity index (χ0n) is 22.5. The first-order valence-corrected chi connectivity index (χ1v) is 20.6. The molecule has 0 aliphatic carbocycles. The number of anilines is 2. The quantitative estimate of drug-likeness (QED) is 0.170. The molecule has 0 radical (unpaired) electrons. The maximum absolute atomic E-state index is 2.66. The van der Waals surface area contributed by atoms with Crippen LogP contribution in [0.25, 0.3) is 9.67 Å². The molecule has 3 heteroatoms. The van der Waals surface area contributed by atoms with Gasteiger partial charge in [-0.1, -0.05) is 0 Å². The molecule has 0 atom stereocenters. The predicted octanol–water partition coefficient (Wildman–Crippen LogP) is 8.75. The summed E-state index contributed by atoms with van der Waals surface area (Å²) in [6, 6.07) is 18.5. The van der Waals surface area contributed by atoms with E-state index in [2.05, 4.69) is 113 Å². The van der Waals surface area contributed by atoms with Gasteiger partial charge in [0.2, 0.25) is 0 Å². The second-order valence-corrected chi connectivity index (χ2v) is 23.2. The van der Waals surface area contributed by atoms with E-state index in [1.54, 1.807) is 3.59 Å². The number of benzene rings is 2. The van der Waals surface area contributed by atoms with Crippen LogP contribution in [0.15, 0.2) is 48.5 Å². The number of unbranched alkanes of at least 4 members (excludes halogenated alkanes) is 3. The van der Waals surface area contributed by atoms with Crippen LogP contribution in [0.2, 0.25) is 13.3 Å². The number of hydrogen-bond donors (Lipinski definition) is 0. The summed E-state index contributed by atoms with van der Waals surface area (Å²) in [4.78, 5) is 4.46. The van der Waals surface area contributed by atoms with Crippen molar-refractivity contribution in [3.8, 4) is 0 Å². The van der Waals surface area contributed by atoms with Gasteiger partial charge in [-0.2, -0.15) is 0 Å². The van der Waals surface area contributed by atoms with Crippen molar-refractivity contribution in [2.45, 2.75) is 72.6 Å². The molecule has 0 spiro atoms. The Morgan fingerprint density at radius 2 is 1.18 bits per heavy atom. The van der Waals surface area contributed by atoms with Crippen molar-refractivity contribution >= 4 is 39.4 Å². The molecule has 2 rings (SSSR count). The summed E-state index contributed by atoms with van der Waals surface area (Å²) < 4.78 is 6.20. The Hall–Kier alpha value is -1.42. The number of nitrogens with zero attached hydrogens (tertiary/aromatic N) is 2. The second kappa shape index (κ2) is 14.1. The van der Waals surface area contributed by atoms with E-state index in [1.165, 1.54) is 74.3 Å². The first-order chi connectivity index (χ1) is 15.9. The molecule has 0 bridgehead atoms. The summed E-state index contributed by atoms with van der Waals surface area (Å²) in [6.07, 6.45) is 10.7. The van der Waals surface area contributed by atoms with Gasteiger partial charge in [0.1, 0.15) is 0 Å². The molecule has 0 unspecified atom stereocenters. The molecular weight excluding hydrogens is 507 g/mol. The summed E-state index contributed by atoms with van der Waals surface area (Å²) in [6.45, 7) is 7.10.